The van der Waals surface area contributed by atoms with E-state index in [0.717, 1.165) is 18.5 Å². The number of nitrogens with zero attached hydrogens (tertiary/aromatic N) is 6. The van der Waals surface area contributed by atoms with Crippen molar-refractivity contribution in [3.05, 3.63) is 48.0 Å². The van der Waals surface area contributed by atoms with Crippen LogP contribution >= 0.6 is 0 Å². The van der Waals surface area contributed by atoms with Gasteiger partial charge in [-0.05, 0) is 39.3 Å². The average Bonchev–Trinajstić information content (AvgIpc) is 3.39. The summed E-state index contributed by atoms with van der Waals surface area (Å²) < 4.78 is 1.69. The SMILES string of the molecule is Cc1nnc(N2CCC(C(C)(C)O)C2)cc1NC(=O)c1cccc(-c2cnn(C)c2)n1. The number of carbonyl (C=O) groups is 1. The molecule has 9 nitrogen and oxygen atoms in total. The van der Waals surface area contributed by atoms with Gasteiger partial charge < -0.3 is 15.3 Å². The van der Waals surface area contributed by atoms with E-state index < -0.39 is 5.60 Å². The van der Waals surface area contributed by atoms with E-state index in [1.54, 1.807) is 29.9 Å². The Balaban J connectivity index is 1.52. The summed E-state index contributed by atoms with van der Waals surface area (Å²) in [6.07, 6.45) is 4.44. The fraction of sp³-hybridized carbons (Fsp3) is 0.409. The third-order valence-electron chi connectivity index (χ3n) is 5.71. The molecule has 0 aliphatic carbocycles. The van der Waals surface area contributed by atoms with Crippen LogP contribution in [-0.2, 0) is 7.05 Å². The van der Waals surface area contributed by atoms with Gasteiger partial charge in [0.1, 0.15) is 5.69 Å². The van der Waals surface area contributed by atoms with Crippen LogP contribution in [0.4, 0.5) is 11.5 Å². The Morgan fingerprint density at radius 3 is 2.77 bits per heavy atom. The van der Waals surface area contributed by atoms with E-state index >= 15 is 0 Å². The van der Waals surface area contributed by atoms with Crippen molar-refractivity contribution in [2.45, 2.75) is 32.8 Å². The first-order chi connectivity index (χ1) is 14.7. The molecule has 1 atom stereocenters. The van der Waals surface area contributed by atoms with Crippen molar-refractivity contribution in [3.63, 3.8) is 0 Å². The van der Waals surface area contributed by atoms with Crippen molar-refractivity contribution in [3.8, 4) is 11.3 Å². The largest absolute Gasteiger partial charge is 0.390 e. The zero-order chi connectivity index (χ0) is 22.2. The van der Waals surface area contributed by atoms with Crippen LogP contribution < -0.4 is 10.2 Å². The lowest BCUT2D eigenvalue weighted by Crippen LogP contribution is -2.33. The van der Waals surface area contributed by atoms with E-state index in [4.69, 9.17) is 0 Å². The Labute approximate surface area is 181 Å². The van der Waals surface area contributed by atoms with E-state index in [2.05, 4.69) is 30.5 Å². The van der Waals surface area contributed by atoms with Gasteiger partial charge in [0.05, 0.1) is 28.9 Å². The topological polar surface area (TPSA) is 109 Å². The Bertz CT molecular complexity index is 1100. The summed E-state index contributed by atoms with van der Waals surface area (Å²) in [5.41, 5.74) is 2.31. The number of aliphatic hydroxyl groups is 1. The second kappa shape index (κ2) is 8.07. The molecule has 0 spiro atoms. The lowest BCUT2D eigenvalue weighted by molar-refractivity contribution is 0.0263. The minimum atomic E-state index is -0.741. The van der Waals surface area contributed by atoms with Crippen molar-refractivity contribution in [2.75, 3.05) is 23.3 Å². The number of pyridine rings is 1. The number of rotatable bonds is 5. The third-order valence-corrected chi connectivity index (χ3v) is 5.71. The minimum absolute atomic E-state index is 0.160. The predicted octanol–water partition coefficient (Wildman–Crippen LogP) is 2.43. The highest BCUT2D eigenvalue weighted by atomic mass is 16.3. The summed E-state index contributed by atoms with van der Waals surface area (Å²) in [6.45, 7) is 6.95. The van der Waals surface area contributed by atoms with Crippen LogP contribution in [0.25, 0.3) is 11.3 Å². The first-order valence-corrected chi connectivity index (χ1v) is 10.3. The smallest absolute Gasteiger partial charge is 0.274 e. The summed E-state index contributed by atoms with van der Waals surface area (Å²) in [7, 11) is 1.83. The Hall–Kier alpha value is -3.33. The molecule has 1 amide bonds. The van der Waals surface area contributed by atoms with E-state index in [1.165, 1.54) is 0 Å². The van der Waals surface area contributed by atoms with Gasteiger partial charge in [-0.3, -0.25) is 9.48 Å². The minimum Gasteiger partial charge on any atom is -0.390 e. The maximum absolute atomic E-state index is 12.9. The molecule has 2 N–H and O–H groups in total. The number of aryl methyl sites for hydroxylation is 2. The molecule has 162 valence electrons. The highest BCUT2D eigenvalue weighted by Gasteiger charge is 2.34. The Morgan fingerprint density at radius 2 is 2.10 bits per heavy atom. The fourth-order valence-corrected chi connectivity index (χ4v) is 3.73. The van der Waals surface area contributed by atoms with Crippen molar-refractivity contribution >= 4 is 17.4 Å². The molecule has 1 unspecified atom stereocenters. The van der Waals surface area contributed by atoms with Crippen molar-refractivity contribution in [1.82, 2.24) is 25.0 Å². The van der Waals surface area contributed by atoms with Crippen LogP contribution in [0, 0.1) is 12.8 Å². The standard InChI is InChI=1S/C22H27N7O2/c1-14-19(10-20(27-26-14)29-9-8-16(13-29)22(2,3)31)25-21(30)18-7-5-6-17(24-18)15-11-23-28(4)12-15/h5-7,10-12,16,31H,8-9,13H2,1-4H3,(H,25,27,30). The van der Waals surface area contributed by atoms with Crippen LogP contribution in [0.2, 0.25) is 0 Å². The summed E-state index contributed by atoms with van der Waals surface area (Å²) in [5, 5.41) is 25.9. The number of carbonyl (C=O) groups excluding carboxylic acids is 1. The molecular formula is C22H27N7O2. The Morgan fingerprint density at radius 1 is 1.29 bits per heavy atom. The van der Waals surface area contributed by atoms with Crippen molar-refractivity contribution < 1.29 is 9.90 Å². The second-order valence-electron chi connectivity index (χ2n) is 8.55. The monoisotopic (exact) mass is 421 g/mol. The zero-order valence-electron chi connectivity index (χ0n) is 18.2. The van der Waals surface area contributed by atoms with Crippen molar-refractivity contribution in [1.29, 1.82) is 0 Å². The molecule has 1 saturated heterocycles. The number of amides is 1. The van der Waals surface area contributed by atoms with E-state index in [9.17, 15) is 9.90 Å². The highest BCUT2D eigenvalue weighted by molar-refractivity contribution is 6.03. The number of hydrogen-bond donors (Lipinski definition) is 2. The molecule has 9 heteroatoms. The molecule has 31 heavy (non-hydrogen) atoms. The predicted molar refractivity (Wildman–Crippen MR) is 118 cm³/mol. The van der Waals surface area contributed by atoms with Gasteiger partial charge in [0.25, 0.3) is 5.91 Å². The van der Waals surface area contributed by atoms with Gasteiger partial charge in [-0.25, -0.2) is 4.98 Å². The lowest BCUT2D eigenvalue weighted by Gasteiger charge is -2.26. The quantitative estimate of drug-likeness (QED) is 0.651. The highest BCUT2D eigenvalue weighted by Crippen LogP contribution is 2.30. The summed E-state index contributed by atoms with van der Waals surface area (Å²) in [4.78, 5) is 19.5. The van der Waals surface area contributed by atoms with Gasteiger partial charge in [0.15, 0.2) is 5.82 Å². The molecule has 3 aromatic rings. The molecule has 1 fully saturated rings. The van der Waals surface area contributed by atoms with Crippen molar-refractivity contribution in [2.24, 2.45) is 13.0 Å². The number of hydrogen-bond acceptors (Lipinski definition) is 7. The molecule has 3 aromatic heterocycles. The van der Waals surface area contributed by atoms with Gasteiger partial charge in [0.2, 0.25) is 0 Å². The van der Waals surface area contributed by atoms with E-state index in [0.29, 0.717) is 35.1 Å². The average molecular weight is 422 g/mol. The summed E-state index contributed by atoms with van der Waals surface area (Å²) in [6, 6.07) is 7.15. The molecule has 4 rings (SSSR count). The summed E-state index contributed by atoms with van der Waals surface area (Å²) >= 11 is 0. The molecule has 4 heterocycles. The van der Waals surface area contributed by atoms with E-state index in [1.807, 2.05) is 39.2 Å². The van der Waals surface area contributed by atoms with Gasteiger partial charge in [0, 0.05) is 43.9 Å². The van der Waals surface area contributed by atoms with Crippen LogP contribution in [0.1, 0.15) is 36.5 Å². The normalized spacial score (nSPS) is 16.5. The molecule has 0 aromatic carbocycles. The van der Waals surface area contributed by atoms with E-state index in [-0.39, 0.29) is 11.8 Å². The molecular weight excluding hydrogens is 394 g/mol. The maximum Gasteiger partial charge on any atom is 0.274 e. The molecule has 0 saturated carbocycles. The number of aromatic nitrogens is 5. The van der Waals surface area contributed by atoms with Gasteiger partial charge in [-0.2, -0.15) is 10.2 Å². The van der Waals surface area contributed by atoms with Crippen LogP contribution in [0.15, 0.2) is 36.7 Å². The zero-order valence-corrected chi connectivity index (χ0v) is 18.2. The van der Waals surface area contributed by atoms with Gasteiger partial charge in [-0.1, -0.05) is 6.07 Å². The second-order valence-corrected chi connectivity index (χ2v) is 8.55. The van der Waals surface area contributed by atoms with Crippen LogP contribution in [0.5, 0.6) is 0 Å². The fourth-order valence-electron chi connectivity index (χ4n) is 3.73. The molecule has 0 bridgehead atoms. The number of nitrogens with one attached hydrogen (secondary N) is 1. The van der Waals surface area contributed by atoms with Crippen LogP contribution in [-0.4, -0.2) is 54.7 Å². The van der Waals surface area contributed by atoms with Gasteiger partial charge >= 0.3 is 0 Å². The third kappa shape index (κ3) is 4.56. The first kappa shape index (κ1) is 20.9. The number of anilines is 2. The van der Waals surface area contributed by atoms with Crippen LogP contribution in [0.3, 0.4) is 0 Å². The van der Waals surface area contributed by atoms with Gasteiger partial charge in [-0.15, -0.1) is 5.10 Å². The Kier molecular flexibility index (Phi) is 5.45. The maximum atomic E-state index is 12.9. The first-order valence-electron chi connectivity index (χ1n) is 10.3. The lowest BCUT2D eigenvalue weighted by atomic mass is 9.90. The molecule has 1 aliphatic heterocycles. The molecule has 1 aliphatic rings. The molecule has 0 radical (unpaired) electrons. The summed E-state index contributed by atoms with van der Waals surface area (Å²) in [5.74, 6) is 0.529.